The Morgan fingerprint density at radius 1 is 1.23 bits per heavy atom. The van der Waals surface area contributed by atoms with Gasteiger partial charge in [0.1, 0.15) is 5.70 Å². The predicted octanol–water partition coefficient (Wildman–Crippen LogP) is 3.09. The van der Waals surface area contributed by atoms with Crippen LogP contribution in [0.1, 0.15) is 18.1 Å². The van der Waals surface area contributed by atoms with Crippen molar-refractivity contribution in [3.05, 3.63) is 76.6 Å². The number of carbonyl (C=O) groups is 1. The minimum absolute atomic E-state index is 0.398. The summed E-state index contributed by atoms with van der Waals surface area (Å²) in [5.74, 6) is -0.398. The molecule has 1 atom stereocenters. The number of nitrogens with one attached hydrogen (secondary N) is 1. The second kappa shape index (κ2) is 6.48. The molecule has 2 aromatic carbocycles. The van der Waals surface area contributed by atoms with Crippen molar-refractivity contribution in [1.29, 1.82) is 0 Å². The van der Waals surface area contributed by atoms with E-state index in [1.807, 2.05) is 66.8 Å². The first-order valence-corrected chi connectivity index (χ1v) is 8.52. The van der Waals surface area contributed by atoms with E-state index in [1.165, 1.54) is 6.92 Å². The van der Waals surface area contributed by atoms with Gasteiger partial charge in [-0.25, -0.2) is 4.99 Å². The molecule has 132 valence electrons. The van der Waals surface area contributed by atoms with E-state index in [0.717, 1.165) is 22.5 Å². The number of rotatable bonds is 2. The van der Waals surface area contributed by atoms with Gasteiger partial charge in [-0.1, -0.05) is 41.9 Å². The highest BCUT2D eigenvalue weighted by Crippen LogP contribution is 2.35. The highest BCUT2D eigenvalue weighted by Gasteiger charge is 2.34. The van der Waals surface area contributed by atoms with E-state index in [4.69, 9.17) is 21.3 Å². The number of carbonyl (C=O) groups excluding carboxylic acids is 1. The Morgan fingerprint density at radius 2 is 2.00 bits per heavy atom. The molecule has 26 heavy (non-hydrogen) atoms. The summed E-state index contributed by atoms with van der Waals surface area (Å²) in [7, 11) is 1.86. The molecule has 0 bridgehead atoms. The maximum absolute atomic E-state index is 11.7. The van der Waals surface area contributed by atoms with E-state index >= 15 is 0 Å². The maximum Gasteiger partial charge on any atom is 0.304 e. The minimum Gasteiger partial charge on any atom is -0.434 e. The van der Waals surface area contributed by atoms with Crippen molar-refractivity contribution in [2.75, 3.05) is 12.1 Å². The lowest BCUT2D eigenvalue weighted by Crippen LogP contribution is -2.40. The van der Waals surface area contributed by atoms with Gasteiger partial charge in [-0.05, 0) is 18.2 Å². The van der Waals surface area contributed by atoms with E-state index in [2.05, 4.69) is 5.53 Å². The first-order chi connectivity index (χ1) is 12.5. The van der Waals surface area contributed by atoms with Crippen molar-refractivity contribution in [2.24, 2.45) is 4.99 Å². The number of esters is 1. The van der Waals surface area contributed by atoms with E-state index in [0.29, 0.717) is 10.7 Å². The van der Waals surface area contributed by atoms with E-state index in [-0.39, 0.29) is 0 Å². The molecule has 0 saturated carbocycles. The number of benzene rings is 2. The van der Waals surface area contributed by atoms with Crippen LogP contribution in [-0.4, -0.2) is 30.0 Å². The average molecular weight is 369 g/mol. The summed E-state index contributed by atoms with van der Waals surface area (Å²) in [5.41, 5.74) is 7.30. The van der Waals surface area contributed by atoms with Gasteiger partial charge < -0.3 is 4.74 Å². The molecule has 2 aliphatic heterocycles. The summed E-state index contributed by atoms with van der Waals surface area (Å²) in [6.45, 7) is 1.38. The van der Waals surface area contributed by atoms with Gasteiger partial charge in [0.15, 0.2) is 0 Å². The third kappa shape index (κ3) is 2.94. The molecule has 2 heterocycles. The predicted molar refractivity (Wildman–Crippen MR) is 101 cm³/mol. The van der Waals surface area contributed by atoms with Gasteiger partial charge in [-0.3, -0.25) is 14.8 Å². The monoisotopic (exact) mass is 368 g/mol. The van der Waals surface area contributed by atoms with Crippen LogP contribution in [0.2, 0.25) is 5.02 Å². The Morgan fingerprint density at radius 3 is 2.73 bits per heavy atom. The number of fused-ring (bicyclic) bond motifs is 3. The van der Waals surface area contributed by atoms with E-state index in [9.17, 15) is 4.79 Å². The summed E-state index contributed by atoms with van der Waals surface area (Å²) in [6, 6.07) is 15.4. The van der Waals surface area contributed by atoms with Gasteiger partial charge >= 0.3 is 5.97 Å². The van der Waals surface area contributed by atoms with Gasteiger partial charge in [-0.15, -0.1) is 5.53 Å². The Bertz CT molecular complexity index is 926. The van der Waals surface area contributed by atoms with Crippen molar-refractivity contribution in [2.45, 2.75) is 13.2 Å². The molecule has 0 fully saturated rings. The van der Waals surface area contributed by atoms with Crippen LogP contribution in [0, 0.1) is 0 Å². The van der Waals surface area contributed by atoms with Crippen LogP contribution in [0.3, 0.4) is 0 Å². The lowest BCUT2D eigenvalue weighted by atomic mass is 10.0. The molecule has 0 saturated heterocycles. The average Bonchev–Trinajstić information content (AvgIpc) is 2.95. The Hall–Kier alpha value is -2.83. The van der Waals surface area contributed by atoms with Crippen LogP contribution in [0.15, 0.2) is 65.4 Å². The van der Waals surface area contributed by atoms with Gasteiger partial charge in [-0.2, -0.15) is 0 Å². The normalized spacial score (nSPS) is 18.5. The van der Waals surface area contributed by atoms with Gasteiger partial charge in [0.2, 0.25) is 6.23 Å². The van der Waals surface area contributed by atoms with Crippen LogP contribution in [0.5, 0.6) is 0 Å². The fourth-order valence-electron chi connectivity index (χ4n) is 3.08. The second-order valence-corrected chi connectivity index (χ2v) is 6.50. The molecule has 1 unspecified atom stereocenters. The van der Waals surface area contributed by atoms with Crippen molar-refractivity contribution >= 4 is 29.0 Å². The minimum atomic E-state index is -0.772. The molecule has 7 heteroatoms. The fourth-order valence-corrected chi connectivity index (χ4v) is 3.26. The standard InChI is InChI=1S/C19H17ClN4O2/c1-12(25)26-19-17-11-23(2)22-24(17)16-9-8-14(20)10-15(16)18(21-19)13-6-4-3-5-7-13/h3-11,19,22H,1-2H3. The summed E-state index contributed by atoms with van der Waals surface area (Å²) < 4.78 is 5.51. The van der Waals surface area contributed by atoms with Crippen molar-refractivity contribution in [3.63, 3.8) is 0 Å². The molecule has 1 N–H and O–H groups in total. The molecule has 0 aromatic heterocycles. The highest BCUT2D eigenvalue weighted by molar-refractivity contribution is 6.31. The summed E-state index contributed by atoms with van der Waals surface area (Å²) in [6.07, 6.45) is 1.08. The molecule has 0 spiro atoms. The van der Waals surface area contributed by atoms with Crippen LogP contribution < -0.4 is 10.5 Å². The van der Waals surface area contributed by atoms with Gasteiger partial charge in [0, 0.05) is 36.3 Å². The molecule has 4 rings (SSSR count). The highest BCUT2D eigenvalue weighted by atomic mass is 35.5. The van der Waals surface area contributed by atoms with E-state index < -0.39 is 12.2 Å². The number of hydrogen-bond donors (Lipinski definition) is 1. The molecular weight excluding hydrogens is 352 g/mol. The van der Waals surface area contributed by atoms with Gasteiger partial charge in [0.05, 0.1) is 11.4 Å². The number of hydrogen-bond acceptors (Lipinski definition) is 6. The Kier molecular flexibility index (Phi) is 4.14. The van der Waals surface area contributed by atoms with Crippen molar-refractivity contribution in [1.82, 2.24) is 10.5 Å². The second-order valence-electron chi connectivity index (χ2n) is 6.07. The number of hydrazine groups is 2. The zero-order valence-electron chi connectivity index (χ0n) is 14.3. The number of ether oxygens (including phenoxy) is 1. The zero-order chi connectivity index (χ0) is 18.3. The molecular formula is C19H17ClN4O2. The maximum atomic E-state index is 11.7. The van der Waals surface area contributed by atoms with Crippen LogP contribution in [0.4, 0.5) is 5.69 Å². The molecule has 2 aliphatic rings. The molecule has 0 aliphatic carbocycles. The van der Waals surface area contributed by atoms with Crippen LogP contribution in [-0.2, 0) is 9.53 Å². The Balaban J connectivity index is 1.96. The van der Waals surface area contributed by atoms with Crippen LogP contribution in [0.25, 0.3) is 0 Å². The summed E-state index contributed by atoms with van der Waals surface area (Å²) in [5, 5.41) is 4.25. The smallest absolute Gasteiger partial charge is 0.304 e. The SMILES string of the molecule is CC(=O)OC1N=C(c2ccccc2)c2cc(Cl)ccc2N2NN(C)C=C12. The van der Waals surface area contributed by atoms with Crippen molar-refractivity contribution in [3.8, 4) is 0 Å². The molecule has 0 amide bonds. The van der Waals surface area contributed by atoms with E-state index in [1.54, 1.807) is 5.01 Å². The lowest BCUT2D eigenvalue weighted by Gasteiger charge is -2.25. The third-order valence-electron chi connectivity index (χ3n) is 4.12. The topological polar surface area (TPSA) is 57.2 Å². The van der Waals surface area contributed by atoms with Crippen LogP contribution >= 0.6 is 11.6 Å². The lowest BCUT2D eigenvalue weighted by molar-refractivity contribution is -0.144. The van der Waals surface area contributed by atoms with Gasteiger partial charge in [0.25, 0.3) is 0 Å². The molecule has 0 radical (unpaired) electrons. The summed E-state index contributed by atoms with van der Waals surface area (Å²) >= 11 is 6.27. The first-order valence-electron chi connectivity index (χ1n) is 8.14. The first kappa shape index (κ1) is 16.6. The fraction of sp³-hybridized carbons (Fsp3) is 0.158. The largest absolute Gasteiger partial charge is 0.434 e. The number of nitrogens with zero attached hydrogens (tertiary/aromatic N) is 3. The quantitative estimate of drug-likeness (QED) is 0.825. The molecule has 2 aromatic rings. The number of anilines is 1. The zero-order valence-corrected chi connectivity index (χ0v) is 15.1. The number of halogens is 1. The third-order valence-corrected chi connectivity index (χ3v) is 4.36. The molecule has 6 nitrogen and oxygen atoms in total. The number of aliphatic imine (C=N–C) groups is 1. The van der Waals surface area contributed by atoms with Crippen molar-refractivity contribution < 1.29 is 9.53 Å². The summed E-state index contributed by atoms with van der Waals surface area (Å²) in [4.78, 5) is 16.5. The Labute approximate surface area is 156 Å².